The molecule has 0 heterocycles. The van der Waals surface area contributed by atoms with Crippen molar-refractivity contribution in [2.45, 2.75) is 11.8 Å². The highest BCUT2D eigenvalue weighted by molar-refractivity contribution is 7.92. The van der Waals surface area contributed by atoms with Crippen LogP contribution in [-0.2, 0) is 14.8 Å². The van der Waals surface area contributed by atoms with Crippen LogP contribution in [-0.4, -0.2) is 35.1 Å². The van der Waals surface area contributed by atoms with Gasteiger partial charge in [-0.2, -0.15) is 0 Å². The van der Waals surface area contributed by atoms with Gasteiger partial charge in [0.05, 0.1) is 35.5 Å². The number of methoxy groups -OCH3 is 2. The summed E-state index contributed by atoms with van der Waals surface area (Å²) >= 11 is 12.0. The Morgan fingerprint density at radius 1 is 0.939 bits per heavy atom. The zero-order valence-corrected chi connectivity index (χ0v) is 20.5. The highest BCUT2D eigenvalue weighted by atomic mass is 35.5. The van der Waals surface area contributed by atoms with Gasteiger partial charge in [-0.3, -0.25) is 9.10 Å². The van der Waals surface area contributed by atoms with Crippen molar-refractivity contribution in [2.75, 3.05) is 30.4 Å². The molecule has 0 unspecified atom stereocenters. The van der Waals surface area contributed by atoms with E-state index in [0.29, 0.717) is 22.1 Å². The van der Waals surface area contributed by atoms with Gasteiger partial charge in [-0.15, -0.1) is 0 Å². The standard InChI is InChI=1S/C23H22Cl2N2O5S/c1-15-4-7-17(8-5-15)27(14-23(28)26-20-10-6-16(24)12-19(20)25)33(29,30)18-9-11-21(31-2)22(13-18)32-3/h4-13H,14H2,1-3H3,(H,26,28). The van der Waals surface area contributed by atoms with Crippen molar-refractivity contribution in [1.82, 2.24) is 0 Å². The molecule has 174 valence electrons. The van der Waals surface area contributed by atoms with Gasteiger partial charge in [-0.05, 0) is 49.4 Å². The number of carbonyl (C=O) groups excluding carboxylic acids is 1. The van der Waals surface area contributed by atoms with E-state index in [2.05, 4.69) is 5.32 Å². The first-order valence-electron chi connectivity index (χ1n) is 9.72. The summed E-state index contributed by atoms with van der Waals surface area (Å²) in [4.78, 5) is 12.8. The smallest absolute Gasteiger partial charge is 0.264 e. The zero-order chi connectivity index (χ0) is 24.2. The van der Waals surface area contributed by atoms with Crippen LogP contribution in [0.15, 0.2) is 65.6 Å². The van der Waals surface area contributed by atoms with Gasteiger partial charge in [-0.25, -0.2) is 8.42 Å². The van der Waals surface area contributed by atoms with E-state index < -0.39 is 22.5 Å². The molecule has 0 fully saturated rings. The summed E-state index contributed by atoms with van der Waals surface area (Å²) in [6.07, 6.45) is 0. The van der Waals surface area contributed by atoms with Crippen molar-refractivity contribution >= 4 is 50.5 Å². The molecule has 3 rings (SSSR count). The number of halogens is 2. The topological polar surface area (TPSA) is 84.9 Å². The van der Waals surface area contributed by atoms with Gasteiger partial charge >= 0.3 is 0 Å². The zero-order valence-electron chi connectivity index (χ0n) is 18.1. The number of carbonyl (C=O) groups is 1. The molecule has 0 spiro atoms. The molecule has 0 radical (unpaired) electrons. The molecule has 0 aliphatic heterocycles. The number of rotatable bonds is 8. The number of nitrogens with one attached hydrogen (secondary N) is 1. The number of nitrogens with zero attached hydrogens (tertiary/aromatic N) is 1. The highest BCUT2D eigenvalue weighted by Crippen LogP contribution is 2.32. The molecule has 0 saturated heterocycles. The lowest BCUT2D eigenvalue weighted by Gasteiger charge is -2.25. The maximum absolute atomic E-state index is 13.6. The monoisotopic (exact) mass is 508 g/mol. The van der Waals surface area contributed by atoms with Gasteiger partial charge < -0.3 is 14.8 Å². The Hall–Kier alpha value is -2.94. The van der Waals surface area contributed by atoms with Gasteiger partial charge in [0.2, 0.25) is 5.91 Å². The fourth-order valence-corrected chi connectivity index (χ4v) is 4.93. The molecule has 33 heavy (non-hydrogen) atoms. The van der Waals surface area contributed by atoms with Crippen molar-refractivity contribution in [3.05, 3.63) is 76.3 Å². The van der Waals surface area contributed by atoms with Gasteiger partial charge in [-0.1, -0.05) is 40.9 Å². The highest BCUT2D eigenvalue weighted by Gasteiger charge is 2.28. The number of hydrogen-bond donors (Lipinski definition) is 1. The molecule has 1 N–H and O–H groups in total. The lowest BCUT2D eigenvalue weighted by atomic mass is 10.2. The summed E-state index contributed by atoms with van der Waals surface area (Å²) in [6, 6.07) is 15.6. The quantitative estimate of drug-likeness (QED) is 0.454. The number of hydrogen-bond acceptors (Lipinski definition) is 5. The van der Waals surface area contributed by atoms with Crippen molar-refractivity contribution in [3.63, 3.8) is 0 Å². The van der Waals surface area contributed by atoms with Crippen LogP contribution in [0.25, 0.3) is 0 Å². The minimum Gasteiger partial charge on any atom is -0.493 e. The molecule has 3 aromatic carbocycles. The number of aryl methyl sites for hydroxylation is 1. The van der Waals surface area contributed by atoms with Crippen molar-refractivity contribution in [2.24, 2.45) is 0 Å². The second kappa shape index (κ2) is 10.3. The third kappa shape index (κ3) is 5.71. The van der Waals surface area contributed by atoms with Crippen LogP contribution in [0, 0.1) is 6.92 Å². The molecule has 0 bridgehead atoms. The van der Waals surface area contributed by atoms with E-state index in [0.717, 1.165) is 9.87 Å². The van der Waals surface area contributed by atoms with Gasteiger partial charge in [0.25, 0.3) is 10.0 Å². The Labute approximate surface area is 202 Å². The first-order valence-corrected chi connectivity index (χ1v) is 11.9. The van der Waals surface area contributed by atoms with Gasteiger partial charge in [0.15, 0.2) is 11.5 Å². The maximum Gasteiger partial charge on any atom is 0.264 e. The molecule has 0 saturated carbocycles. The number of amides is 1. The predicted molar refractivity (Wildman–Crippen MR) is 130 cm³/mol. The second-order valence-corrected chi connectivity index (χ2v) is 9.74. The van der Waals surface area contributed by atoms with Gasteiger partial charge in [0.1, 0.15) is 6.54 Å². The Bertz CT molecular complexity index is 1260. The van der Waals surface area contributed by atoms with Crippen LogP contribution in [0.2, 0.25) is 10.0 Å². The van der Waals surface area contributed by atoms with E-state index in [1.165, 1.54) is 38.5 Å². The molecular weight excluding hydrogens is 487 g/mol. The third-order valence-electron chi connectivity index (χ3n) is 4.76. The summed E-state index contributed by atoms with van der Waals surface area (Å²) in [5.41, 5.74) is 1.59. The lowest BCUT2D eigenvalue weighted by molar-refractivity contribution is -0.114. The van der Waals surface area contributed by atoms with E-state index in [1.807, 2.05) is 6.92 Å². The normalized spacial score (nSPS) is 11.1. The van der Waals surface area contributed by atoms with E-state index in [-0.39, 0.29) is 15.7 Å². The minimum atomic E-state index is -4.15. The lowest BCUT2D eigenvalue weighted by Crippen LogP contribution is -2.38. The minimum absolute atomic E-state index is 0.0574. The van der Waals surface area contributed by atoms with Crippen molar-refractivity contribution in [3.8, 4) is 11.5 Å². The van der Waals surface area contributed by atoms with Crippen LogP contribution in [0.1, 0.15) is 5.56 Å². The third-order valence-corrected chi connectivity index (χ3v) is 7.08. The fraction of sp³-hybridized carbons (Fsp3) is 0.174. The summed E-state index contributed by atoms with van der Waals surface area (Å²) < 4.78 is 38.6. The van der Waals surface area contributed by atoms with Crippen LogP contribution < -0.4 is 19.1 Å². The second-order valence-electron chi connectivity index (χ2n) is 7.04. The Balaban J connectivity index is 1.99. The summed E-state index contributed by atoms with van der Waals surface area (Å²) in [6.45, 7) is 1.39. The number of benzene rings is 3. The number of anilines is 2. The number of sulfonamides is 1. The Kier molecular flexibility index (Phi) is 7.73. The van der Waals surface area contributed by atoms with E-state index >= 15 is 0 Å². The molecule has 0 aliphatic carbocycles. The molecule has 0 atom stereocenters. The number of ether oxygens (including phenoxy) is 2. The molecule has 7 nitrogen and oxygen atoms in total. The molecule has 3 aromatic rings. The average Bonchev–Trinajstić information content (AvgIpc) is 2.79. The SMILES string of the molecule is COc1ccc(S(=O)(=O)N(CC(=O)Nc2ccc(Cl)cc2Cl)c2ccc(C)cc2)cc1OC. The van der Waals surface area contributed by atoms with E-state index in [9.17, 15) is 13.2 Å². The summed E-state index contributed by atoms with van der Waals surface area (Å²) in [5, 5.41) is 3.28. The largest absolute Gasteiger partial charge is 0.493 e. The van der Waals surface area contributed by atoms with Gasteiger partial charge in [0, 0.05) is 11.1 Å². The molecule has 0 aliphatic rings. The van der Waals surface area contributed by atoms with Crippen LogP contribution >= 0.6 is 23.2 Å². The Morgan fingerprint density at radius 2 is 1.61 bits per heavy atom. The van der Waals surface area contributed by atoms with Crippen molar-refractivity contribution in [1.29, 1.82) is 0 Å². The van der Waals surface area contributed by atoms with Crippen LogP contribution in [0.5, 0.6) is 11.5 Å². The summed E-state index contributed by atoms with van der Waals surface area (Å²) in [5.74, 6) is 0.0529. The predicted octanol–water partition coefficient (Wildman–Crippen LogP) is 5.15. The molecular formula is C23H22Cl2N2O5S. The first kappa shape index (κ1) is 24.7. The van der Waals surface area contributed by atoms with Crippen molar-refractivity contribution < 1.29 is 22.7 Å². The first-order chi connectivity index (χ1) is 15.6. The molecule has 10 heteroatoms. The maximum atomic E-state index is 13.6. The molecule has 1 amide bonds. The van der Waals surface area contributed by atoms with E-state index in [4.69, 9.17) is 32.7 Å². The van der Waals surface area contributed by atoms with Crippen LogP contribution in [0.4, 0.5) is 11.4 Å². The fourth-order valence-electron chi connectivity index (χ4n) is 3.04. The average molecular weight is 509 g/mol. The van der Waals surface area contributed by atoms with E-state index in [1.54, 1.807) is 36.4 Å². The van der Waals surface area contributed by atoms with Crippen LogP contribution in [0.3, 0.4) is 0 Å². The summed E-state index contributed by atoms with van der Waals surface area (Å²) in [7, 11) is -1.28. The Morgan fingerprint density at radius 3 is 2.21 bits per heavy atom. The molecule has 0 aromatic heterocycles.